The average Bonchev–Trinajstić information content (AvgIpc) is 2.77. The molecule has 7 nitrogen and oxygen atoms in total. The van der Waals surface area contributed by atoms with E-state index in [1.807, 2.05) is 6.92 Å². The summed E-state index contributed by atoms with van der Waals surface area (Å²) in [6, 6.07) is 11.1. The summed E-state index contributed by atoms with van der Waals surface area (Å²) in [6.45, 7) is 3.55. The number of amidine groups is 1. The Hall–Kier alpha value is -2.23. The van der Waals surface area contributed by atoms with E-state index in [4.69, 9.17) is 0 Å². The molecule has 1 heterocycles. The van der Waals surface area contributed by atoms with Crippen molar-refractivity contribution >= 4 is 25.9 Å². The zero-order valence-corrected chi connectivity index (χ0v) is 14.6. The quantitative estimate of drug-likeness (QED) is 0.796. The van der Waals surface area contributed by atoms with E-state index in [9.17, 15) is 16.8 Å². The van der Waals surface area contributed by atoms with Gasteiger partial charge in [-0.05, 0) is 37.6 Å². The molecule has 0 aromatic heterocycles. The molecular formula is C15H15N3O4S2. The molecule has 1 aliphatic heterocycles. The number of hydrogen-bond donors (Lipinski definition) is 2. The Balaban J connectivity index is 1.89. The highest BCUT2D eigenvalue weighted by atomic mass is 32.2. The summed E-state index contributed by atoms with van der Waals surface area (Å²) in [6.07, 6.45) is 0. The summed E-state index contributed by atoms with van der Waals surface area (Å²) in [7, 11) is -7.68. The minimum atomic E-state index is -3.87. The van der Waals surface area contributed by atoms with Gasteiger partial charge in [-0.2, -0.15) is 8.42 Å². The minimum absolute atomic E-state index is 0.0400. The van der Waals surface area contributed by atoms with E-state index in [1.165, 1.54) is 12.1 Å². The Morgan fingerprint density at radius 1 is 1.04 bits per heavy atom. The summed E-state index contributed by atoms with van der Waals surface area (Å²) >= 11 is 0. The van der Waals surface area contributed by atoms with Crippen LogP contribution in [0.25, 0.3) is 0 Å². The van der Waals surface area contributed by atoms with Crippen molar-refractivity contribution in [2.75, 3.05) is 0 Å². The normalized spacial score (nSPS) is 15.7. The number of fused-ring (bicyclic) bond motifs is 1. The lowest BCUT2D eigenvalue weighted by atomic mass is 10.2. The van der Waals surface area contributed by atoms with E-state index in [-0.39, 0.29) is 15.6 Å². The molecule has 0 atom stereocenters. The van der Waals surface area contributed by atoms with Gasteiger partial charge in [0, 0.05) is 5.56 Å². The van der Waals surface area contributed by atoms with Crippen molar-refractivity contribution < 1.29 is 16.8 Å². The third-order valence-corrected chi connectivity index (χ3v) is 6.30. The Kier molecular flexibility index (Phi) is 3.94. The number of benzene rings is 2. The summed E-state index contributed by atoms with van der Waals surface area (Å²) in [5, 5.41) is 0. The first-order valence-corrected chi connectivity index (χ1v) is 9.92. The zero-order chi connectivity index (χ0) is 17.5. The molecule has 0 amide bonds. The lowest BCUT2D eigenvalue weighted by Crippen LogP contribution is -2.41. The largest absolute Gasteiger partial charge is 0.291 e. The number of nitrogens with one attached hydrogen (secondary N) is 2. The molecule has 0 fully saturated rings. The predicted octanol–water partition coefficient (Wildman–Crippen LogP) is 1.24. The molecule has 24 heavy (non-hydrogen) atoms. The van der Waals surface area contributed by atoms with E-state index < -0.39 is 20.0 Å². The molecule has 9 heteroatoms. The summed E-state index contributed by atoms with van der Waals surface area (Å²) in [5.74, 6) is -0.0565. The third kappa shape index (κ3) is 2.93. The van der Waals surface area contributed by atoms with Gasteiger partial charge in [0.1, 0.15) is 4.90 Å². The lowest BCUT2D eigenvalue weighted by Gasteiger charge is -2.11. The molecule has 0 spiro atoms. The highest BCUT2D eigenvalue weighted by Crippen LogP contribution is 2.24. The van der Waals surface area contributed by atoms with Gasteiger partial charge in [-0.25, -0.2) is 8.42 Å². The fourth-order valence-corrected chi connectivity index (χ4v) is 4.71. The van der Waals surface area contributed by atoms with Crippen LogP contribution in [0.3, 0.4) is 0 Å². The molecule has 1 aliphatic rings. The highest BCUT2D eigenvalue weighted by Gasteiger charge is 2.29. The third-order valence-electron chi connectivity index (χ3n) is 3.56. The maximum Gasteiger partial charge on any atom is 0.285 e. The fourth-order valence-electron chi connectivity index (χ4n) is 2.47. The smallest absolute Gasteiger partial charge is 0.285 e. The second kappa shape index (κ2) is 5.69. The van der Waals surface area contributed by atoms with Gasteiger partial charge in [0.05, 0.1) is 4.90 Å². The average molecular weight is 365 g/mol. The zero-order valence-electron chi connectivity index (χ0n) is 12.9. The van der Waals surface area contributed by atoms with E-state index in [2.05, 4.69) is 14.7 Å². The van der Waals surface area contributed by atoms with Crippen LogP contribution in [0.1, 0.15) is 16.7 Å². The molecule has 0 bridgehead atoms. The first-order chi connectivity index (χ1) is 11.2. The maximum absolute atomic E-state index is 12.4. The second-order valence-corrected chi connectivity index (χ2v) is 8.63. The van der Waals surface area contributed by atoms with Crippen LogP contribution >= 0.6 is 0 Å². The number of sulfonamides is 2. The highest BCUT2D eigenvalue weighted by molar-refractivity contribution is 7.91. The van der Waals surface area contributed by atoms with Crippen molar-refractivity contribution in [1.82, 2.24) is 10.3 Å². The van der Waals surface area contributed by atoms with Gasteiger partial charge < -0.3 is 0 Å². The van der Waals surface area contributed by atoms with Crippen molar-refractivity contribution in [3.63, 3.8) is 0 Å². The van der Waals surface area contributed by atoms with Crippen LogP contribution in [0.4, 0.5) is 0 Å². The van der Waals surface area contributed by atoms with Gasteiger partial charge in [-0.1, -0.05) is 29.8 Å². The SMILES string of the molecule is Cc1ccc(S(=O)(=O)NNC2=NS(=O)(=O)c3ccccc32)c(C)c1. The number of rotatable bonds is 3. The van der Waals surface area contributed by atoms with Gasteiger partial charge in [0.15, 0.2) is 5.84 Å². The molecule has 0 radical (unpaired) electrons. The molecule has 0 saturated carbocycles. The van der Waals surface area contributed by atoms with E-state index in [0.29, 0.717) is 11.1 Å². The molecule has 2 N–H and O–H groups in total. The van der Waals surface area contributed by atoms with E-state index in [1.54, 1.807) is 37.3 Å². The molecule has 3 rings (SSSR count). The van der Waals surface area contributed by atoms with Crippen LogP contribution < -0.4 is 10.3 Å². The number of aryl methyl sites for hydroxylation is 2. The van der Waals surface area contributed by atoms with Gasteiger partial charge in [-0.15, -0.1) is 9.23 Å². The number of hydrazine groups is 1. The summed E-state index contributed by atoms with van der Waals surface area (Å²) < 4.78 is 52.3. The minimum Gasteiger partial charge on any atom is -0.291 e. The van der Waals surface area contributed by atoms with E-state index >= 15 is 0 Å². The molecule has 126 valence electrons. The maximum atomic E-state index is 12.4. The molecule has 2 aromatic rings. The molecule has 0 aliphatic carbocycles. The molecule has 0 saturated heterocycles. The van der Waals surface area contributed by atoms with Gasteiger partial charge in [0.2, 0.25) is 0 Å². The van der Waals surface area contributed by atoms with E-state index in [0.717, 1.165) is 5.56 Å². The fraction of sp³-hybridized carbons (Fsp3) is 0.133. The topological polar surface area (TPSA) is 105 Å². The lowest BCUT2D eigenvalue weighted by molar-refractivity contribution is 0.576. The Labute approximate surface area is 140 Å². The van der Waals surface area contributed by atoms with Crippen LogP contribution in [0.2, 0.25) is 0 Å². The summed E-state index contributed by atoms with van der Waals surface area (Å²) in [5.41, 5.74) is 4.26. The standard InChI is InChI=1S/C15H15N3O4S2/c1-10-7-8-13(11(2)9-10)24(21,22)18-16-15-12-5-3-4-6-14(12)23(19,20)17-15/h3-9,18H,1-2H3,(H,16,17). The summed E-state index contributed by atoms with van der Waals surface area (Å²) in [4.78, 5) is 2.33. The Bertz CT molecular complexity index is 1060. The Morgan fingerprint density at radius 2 is 1.75 bits per heavy atom. The predicted molar refractivity (Wildman–Crippen MR) is 89.5 cm³/mol. The van der Waals surface area contributed by atoms with Gasteiger partial charge >= 0.3 is 0 Å². The monoisotopic (exact) mass is 365 g/mol. The van der Waals surface area contributed by atoms with Crippen LogP contribution in [-0.2, 0) is 20.0 Å². The Morgan fingerprint density at radius 3 is 2.46 bits per heavy atom. The van der Waals surface area contributed by atoms with Crippen LogP contribution in [-0.4, -0.2) is 22.7 Å². The van der Waals surface area contributed by atoms with Crippen molar-refractivity contribution in [2.45, 2.75) is 23.6 Å². The van der Waals surface area contributed by atoms with Crippen molar-refractivity contribution in [2.24, 2.45) is 4.40 Å². The first kappa shape index (κ1) is 16.6. The number of hydrogen-bond acceptors (Lipinski definition) is 5. The van der Waals surface area contributed by atoms with Crippen LogP contribution in [0, 0.1) is 13.8 Å². The number of nitrogens with zero attached hydrogens (tertiary/aromatic N) is 1. The van der Waals surface area contributed by atoms with Crippen molar-refractivity contribution in [1.29, 1.82) is 0 Å². The van der Waals surface area contributed by atoms with Crippen LogP contribution in [0.5, 0.6) is 0 Å². The molecule has 2 aromatic carbocycles. The van der Waals surface area contributed by atoms with Gasteiger partial charge in [-0.3, -0.25) is 5.43 Å². The molecular weight excluding hydrogens is 350 g/mol. The van der Waals surface area contributed by atoms with Crippen LogP contribution in [0.15, 0.2) is 56.7 Å². The van der Waals surface area contributed by atoms with Crippen molar-refractivity contribution in [3.8, 4) is 0 Å². The molecule has 0 unspecified atom stereocenters. The van der Waals surface area contributed by atoms with Crippen molar-refractivity contribution in [3.05, 3.63) is 59.2 Å². The second-order valence-electron chi connectivity index (χ2n) is 5.41. The van der Waals surface area contributed by atoms with Gasteiger partial charge in [0.25, 0.3) is 20.0 Å². The first-order valence-electron chi connectivity index (χ1n) is 7.00.